The molecule has 2 rings (SSSR count). The molecule has 1 heterocycles. The van der Waals surface area contributed by atoms with Gasteiger partial charge in [0.1, 0.15) is 0 Å². The number of carbonyl (C=O) groups is 2. The van der Waals surface area contributed by atoms with Crippen molar-refractivity contribution in [1.29, 1.82) is 0 Å². The Hall–Kier alpha value is -1.38. The maximum Gasteiger partial charge on any atom is 0.167 e. The monoisotopic (exact) mass is 163 g/mol. The SMILES string of the molecule is O=Cc1cc(C(=O)C2CC2)c[nH]1. The number of H-pyrrole nitrogens is 1. The summed E-state index contributed by atoms with van der Waals surface area (Å²) in [7, 11) is 0. The van der Waals surface area contributed by atoms with Gasteiger partial charge < -0.3 is 4.98 Å². The van der Waals surface area contributed by atoms with Gasteiger partial charge in [0, 0.05) is 17.7 Å². The van der Waals surface area contributed by atoms with Gasteiger partial charge in [-0.1, -0.05) is 0 Å². The van der Waals surface area contributed by atoms with Crippen LogP contribution in [0.4, 0.5) is 0 Å². The smallest absolute Gasteiger partial charge is 0.167 e. The highest BCUT2D eigenvalue weighted by Crippen LogP contribution is 2.32. The quantitative estimate of drug-likeness (QED) is 0.541. The lowest BCUT2D eigenvalue weighted by atomic mass is 10.1. The van der Waals surface area contributed by atoms with Crippen LogP contribution in [-0.2, 0) is 0 Å². The molecule has 0 aromatic carbocycles. The topological polar surface area (TPSA) is 49.9 Å². The molecule has 0 unspecified atom stereocenters. The molecule has 1 fully saturated rings. The van der Waals surface area contributed by atoms with Crippen molar-refractivity contribution in [3.63, 3.8) is 0 Å². The van der Waals surface area contributed by atoms with E-state index in [1.54, 1.807) is 12.3 Å². The van der Waals surface area contributed by atoms with E-state index in [-0.39, 0.29) is 11.7 Å². The summed E-state index contributed by atoms with van der Waals surface area (Å²) in [6.45, 7) is 0. The largest absolute Gasteiger partial charge is 0.358 e. The van der Waals surface area contributed by atoms with Gasteiger partial charge in [-0.3, -0.25) is 9.59 Å². The molecule has 1 aromatic heterocycles. The summed E-state index contributed by atoms with van der Waals surface area (Å²) in [5.41, 5.74) is 1.11. The number of nitrogens with one attached hydrogen (secondary N) is 1. The van der Waals surface area contributed by atoms with Gasteiger partial charge in [0.25, 0.3) is 0 Å². The van der Waals surface area contributed by atoms with Crippen molar-refractivity contribution in [2.75, 3.05) is 0 Å². The Kier molecular flexibility index (Phi) is 1.57. The van der Waals surface area contributed by atoms with E-state index in [0.717, 1.165) is 12.8 Å². The summed E-state index contributed by atoms with van der Waals surface area (Å²) < 4.78 is 0. The van der Waals surface area contributed by atoms with Crippen LogP contribution >= 0.6 is 0 Å². The van der Waals surface area contributed by atoms with Gasteiger partial charge in [0.15, 0.2) is 12.1 Å². The Balaban J connectivity index is 2.21. The van der Waals surface area contributed by atoms with Gasteiger partial charge in [0.2, 0.25) is 0 Å². The van der Waals surface area contributed by atoms with Crippen LogP contribution in [0.3, 0.4) is 0 Å². The van der Waals surface area contributed by atoms with Crippen molar-refractivity contribution < 1.29 is 9.59 Å². The van der Waals surface area contributed by atoms with Crippen molar-refractivity contribution >= 4 is 12.1 Å². The van der Waals surface area contributed by atoms with Crippen molar-refractivity contribution in [1.82, 2.24) is 4.98 Å². The number of carbonyl (C=O) groups excluding carboxylic acids is 2. The molecule has 1 aliphatic carbocycles. The van der Waals surface area contributed by atoms with Crippen LogP contribution in [-0.4, -0.2) is 17.1 Å². The zero-order valence-corrected chi connectivity index (χ0v) is 6.54. The maximum atomic E-state index is 11.4. The zero-order chi connectivity index (χ0) is 8.55. The number of hydrogen-bond donors (Lipinski definition) is 1. The highest BCUT2D eigenvalue weighted by atomic mass is 16.1. The molecule has 0 atom stereocenters. The van der Waals surface area contributed by atoms with E-state index in [2.05, 4.69) is 4.98 Å². The minimum atomic E-state index is 0.166. The minimum absolute atomic E-state index is 0.166. The Bertz CT molecular complexity index is 323. The molecule has 0 aliphatic heterocycles. The fourth-order valence-electron chi connectivity index (χ4n) is 1.20. The molecule has 3 heteroatoms. The number of ketones is 1. The van der Waals surface area contributed by atoms with Crippen LogP contribution in [0.15, 0.2) is 12.3 Å². The summed E-state index contributed by atoms with van der Waals surface area (Å²) >= 11 is 0. The average molecular weight is 163 g/mol. The lowest BCUT2D eigenvalue weighted by Gasteiger charge is -1.89. The van der Waals surface area contributed by atoms with Crippen molar-refractivity contribution in [3.05, 3.63) is 23.5 Å². The predicted molar refractivity (Wildman–Crippen MR) is 43.2 cm³/mol. The van der Waals surface area contributed by atoms with Crippen LogP contribution in [0.25, 0.3) is 0 Å². The van der Waals surface area contributed by atoms with E-state index < -0.39 is 0 Å². The highest BCUT2D eigenvalue weighted by Gasteiger charge is 2.30. The van der Waals surface area contributed by atoms with Gasteiger partial charge in [-0.15, -0.1) is 0 Å². The van der Waals surface area contributed by atoms with Crippen LogP contribution in [0.1, 0.15) is 33.7 Å². The third kappa shape index (κ3) is 1.18. The highest BCUT2D eigenvalue weighted by molar-refractivity contribution is 6.00. The second-order valence-corrected chi connectivity index (χ2v) is 3.10. The van der Waals surface area contributed by atoms with Gasteiger partial charge in [-0.2, -0.15) is 0 Å². The summed E-state index contributed by atoms with van der Waals surface area (Å²) in [5, 5.41) is 0. The Labute approximate surface area is 69.8 Å². The molecule has 62 valence electrons. The molecule has 1 N–H and O–H groups in total. The number of aromatic nitrogens is 1. The lowest BCUT2D eigenvalue weighted by Crippen LogP contribution is -1.98. The first-order valence-corrected chi connectivity index (χ1v) is 3.99. The molecule has 0 radical (unpaired) electrons. The first-order valence-electron chi connectivity index (χ1n) is 3.99. The first kappa shape index (κ1) is 7.28. The molecule has 1 aliphatic rings. The molecule has 0 bridgehead atoms. The third-order valence-corrected chi connectivity index (χ3v) is 2.06. The van der Waals surface area contributed by atoms with E-state index in [4.69, 9.17) is 0 Å². The minimum Gasteiger partial charge on any atom is -0.358 e. The molecule has 1 saturated carbocycles. The third-order valence-electron chi connectivity index (χ3n) is 2.06. The molecular weight excluding hydrogens is 154 g/mol. The van der Waals surface area contributed by atoms with E-state index in [1.165, 1.54) is 0 Å². The summed E-state index contributed by atoms with van der Waals surface area (Å²) in [6.07, 6.45) is 4.31. The molecular formula is C9H9NO2. The van der Waals surface area contributed by atoms with Crippen molar-refractivity contribution in [3.8, 4) is 0 Å². The molecule has 3 nitrogen and oxygen atoms in total. The fraction of sp³-hybridized carbons (Fsp3) is 0.333. The lowest BCUT2D eigenvalue weighted by molar-refractivity contribution is 0.0967. The van der Waals surface area contributed by atoms with Gasteiger partial charge in [-0.25, -0.2) is 0 Å². The predicted octanol–water partition coefficient (Wildman–Crippen LogP) is 1.42. The normalized spacial score (nSPS) is 16.0. The van der Waals surface area contributed by atoms with Crippen molar-refractivity contribution in [2.45, 2.75) is 12.8 Å². The summed E-state index contributed by atoms with van der Waals surface area (Å²) in [5.74, 6) is 0.389. The number of aldehydes is 1. The van der Waals surface area contributed by atoms with Crippen molar-refractivity contribution in [2.24, 2.45) is 5.92 Å². The standard InChI is InChI=1S/C9H9NO2/c11-5-8-3-7(4-10-8)9(12)6-1-2-6/h3-6,10H,1-2H2. The van der Waals surface area contributed by atoms with E-state index >= 15 is 0 Å². The van der Waals surface area contributed by atoms with Crippen LogP contribution in [0, 0.1) is 5.92 Å². The molecule has 0 amide bonds. The Morgan fingerprint density at radius 1 is 1.58 bits per heavy atom. The number of aromatic amines is 1. The molecule has 12 heavy (non-hydrogen) atoms. The van der Waals surface area contributed by atoms with Crippen LogP contribution in [0.5, 0.6) is 0 Å². The number of rotatable bonds is 3. The van der Waals surface area contributed by atoms with Gasteiger partial charge in [-0.05, 0) is 18.9 Å². The van der Waals surface area contributed by atoms with E-state index in [1.807, 2.05) is 0 Å². The average Bonchev–Trinajstić information content (AvgIpc) is 2.82. The molecule has 1 aromatic rings. The number of Topliss-reactive ketones (excluding diaryl/α,β-unsaturated/α-hetero) is 1. The Morgan fingerprint density at radius 3 is 2.83 bits per heavy atom. The maximum absolute atomic E-state index is 11.4. The van der Waals surface area contributed by atoms with Crippen LogP contribution < -0.4 is 0 Å². The van der Waals surface area contributed by atoms with Crippen LogP contribution in [0.2, 0.25) is 0 Å². The molecule has 0 spiro atoms. The second-order valence-electron chi connectivity index (χ2n) is 3.10. The zero-order valence-electron chi connectivity index (χ0n) is 6.54. The second kappa shape index (κ2) is 2.59. The van der Waals surface area contributed by atoms with E-state index in [9.17, 15) is 9.59 Å². The fourth-order valence-corrected chi connectivity index (χ4v) is 1.20. The number of hydrogen-bond acceptors (Lipinski definition) is 2. The summed E-state index contributed by atoms with van der Waals surface area (Å²) in [4.78, 5) is 24.4. The van der Waals surface area contributed by atoms with Gasteiger partial charge >= 0.3 is 0 Å². The van der Waals surface area contributed by atoms with E-state index in [0.29, 0.717) is 17.5 Å². The Morgan fingerprint density at radius 2 is 2.33 bits per heavy atom. The first-order chi connectivity index (χ1) is 5.81. The van der Waals surface area contributed by atoms with Gasteiger partial charge in [0.05, 0.1) is 5.69 Å². The molecule has 0 saturated heterocycles. The summed E-state index contributed by atoms with van der Waals surface area (Å²) in [6, 6.07) is 1.60.